The number of aromatic nitrogens is 3. The molecule has 0 spiro atoms. The van der Waals surface area contributed by atoms with Crippen LogP contribution in [0, 0.1) is 12.3 Å². The van der Waals surface area contributed by atoms with Gasteiger partial charge in [-0.1, -0.05) is 5.92 Å². The number of ether oxygens (including phenoxy) is 1. The summed E-state index contributed by atoms with van der Waals surface area (Å²) in [5, 5.41) is 2.93. The Morgan fingerprint density at radius 3 is 2.50 bits per heavy atom. The molecule has 0 saturated carbocycles. The van der Waals surface area contributed by atoms with Gasteiger partial charge in [0.05, 0.1) is 0 Å². The number of nitrogens with one attached hydrogen (secondary N) is 1. The van der Waals surface area contributed by atoms with Crippen LogP contribution in [0.25, 0.3) is 0 Å². The molecule has 1 fully saturated rings. The first kappa shape index (κ1) is 14.4. The third kappa shape index (κ3) is 3.50. The molecule has 20 heavy (non-hydrogen) atoms. The Morgan fingerprint density at radius 2 is 1.90 bits per heavy atom. The molecule has 2 rings (SSSR count). The zero-order valence-corrected chi connectivity index (χ0v) is 12.3. The Kier molecular flexibility index (Phi) is 4.28. The van der Waals surface area contributed by atoms with E-state index >= 15 is 0 Å². The quantitative estimate of drug-likeness (QED) is 0.844. The molecule has 0 amide bonds. The number of terminal acetylenes is 1. The summed E-state index contributed by atoms with van der Waals surface area (Å²) in [6.07, 6.45) is 9.01. The molecule has 0 aromatic carbocycles. The minimum absolute atomic E-state index is 0.257. The maximum atomic E-state index is 5.66. The first-order valence-corrected chi connectivity index (χ1v) is 6.89. The van der Waals surface area contributed by atoms with Crippen LogP contribution < -0.4 is 15.0 Å². The lowest BCUT2D eigenvalue weighted by Crippen LogP contribution is -2.32. The van der Waals surface area contributed by atoms with Crippen molar-refractivity contribution < 1.29 is 4.74 Å². The summed E-state index contributed by atoms with van der Waals surface area (Å²) in [4.78, 5) is 15.1. The van der Waals surface area contributed by atoms with Crippen LogP contribution in [0.4, 0.5) is 11.9 Å². The van der Waals surface area contributed by atoms with E-state index in [0.29, 0.717) is 11.9 Å². The van der Waals surface area contributed by atoms with Gasteiger partial charge >= 0.3 is 6.01 Å². The smallest absolute Gasteiger partial charge is 0.324 e. The predicted octanol–water partition coefficient (Wildman–Crippen LogP) is 1.69. The van der Waals surface area contributed by atoms with E-state index in [1.807, 2.05) is 0 Å². The first-order chi connectivity index (χ1) is 9.54. The van der Waals surface area contributed by atoms with E-state index in [1.54, 1.807) is 20.9 Å². The van der Waals surface area contributed by atoms with Crippen LogP contribution in [0.2, 0.25) is 0 Å². The van der Waals surface area contributed by atoms with Crippen LogP contribution in [0.1, 0.15) is 33.1 Å². The van der Waals surface area contributed by atoms with Crippen LogP contribution in [0.5, 0.6) is 6.01 Å². The van der Waals surface area contributed by atoms with Crippen molar-refractivity contribution in [1.29, 1.82) is 0 Å². The molecule has 0 atom stereocenters. The Bertz CT molecular complexity index is 503. The van der Waals surface area contributed by atoms with E-state index in [9.17, 15) is 0 Å². The molecule has 0 unspecified atom stereocenters. The lowest BCUT2D eigenvalue weighted by atomic mass is 10.1. The van der Waals surface area contributed by atoms with Crippen molar-refractivity contribution >= 4 is 11.9 Å². The number of hydrogen-bond acceptors (Lipinski definition) is 6. The lowest BCUT2D eigenvalue weighted by Gasteiger charge is -2.27. The standard InChI is InChI=1S/C14H21N5O/c1-5-14(2,3)20-13-17-11(15-4)16-12(18-13)19-9-7-6-8-10-19/h1H,6-10H2,2-4H3,(H,15,16,17,18). The van der Waals surface area contributed by atoms with Gasteiger partial charge in [0.15, 0.2) is 5.60 Å². The second-order valence-corrected chi connectivity index (χ2v) is 5.30. The molecule has 1 aromatic heterocycles. The van der Waals surface area contributed by atoms with Crippen molar-refractivity contribution in [2.24, 2.45) is 0 Å². The van der Waals surface area contributed by atoms with Gasteiger partial charge in [-0.3, -0.25) is 0 Å². The highest BCUT2D eigenvalue weighted by Gasteiger charge is 2.21. The average molecular weight is 275 g/mol. The van der Waals surface area contributed by atoms with E-state index in [1.165, 1.54) is 6.42 Å². The molecule has 6 heteroatoms. The number of rotatable bonds is 4. The number of nitrogens with zero attached hydrogens (tertiary/aromatic N) is 4. The normalized spacial score (nSPS) is 15.6. The predicted molar refractivity (Wildman–Crippen MR) is 79.0 cm³/mol. The lowest BCUT2D eigenvalue weighted by molar-refractivity contribution is 0.156. The van der Waals surface area contributed by atoms with Gasteiger partial charge in [-0.2, -0.15) is 15.0 Å². The molecule has 1 N–H and O–H groups in total. The molecule has 0 radical (unpaired) electrons. The van der Waals surface area contributed by atoms with Crippen LogP contribution in [-0.2, 0) is 0 Å². The average Bonchev–Trinajstić information content (AvgIpc) is 2.47. The van der Waals surface area contributed by atoms with E-state index < -0.39 is 5.60 Å². The van der Waals surface area contributed by atoms with Crippen LogP contribution in [-0.4, -0.2) is 40.7 Å². The highest BCUT2D eigenvalue weighted by molar-refractivity contribution is 5.38. The molecule has 1 saturated heterocycles. The topological polar surface area (TPSA) is 63.2 Å². The fourth-order valence-corrected chi connectivity index (χ4v) is 2.00. The Morgan fingerprint density at radius 1 is 1.20 bits per heavy atom. The highest BCUT2D eigenvalue weighted by Crippen LogP contribution is 2.21. The number of hydrogen-bond donors (Lipinski definition) is 1. The molecule has 0 bridgehead atoms. The maximum Gasteiger partial charge on any atom is 0.324 e. The minimum atomic E-state index is -0.745. The Balaban J connectivity index is 2.26. The largest absolute Gasteiger partial charge is 0.444 e. The van der Waals surface area contributed by atoms with Crippen molar-refractivity contribution in [1.82, 2.24) is 15.0 Å². The summed E-state index contributed by atoms with van der Waals surface area (Å²) < 4.78 is 5.66. The van der Waals surface area contributed by atoms with E-state index in [0.717, 1.165) is 25.9 Å². The third-order valence-corrected chi connectivity index (χ3v) is 3.16. The molecule has 1 aliphatic rings. The van der Waals surface area contributed by atoms with Crippen molar-refractivity contribution in [3.8, 4) is 18.4 Å². The van der Waals surface area contributed by atoms with Gasteiger partial charge < -0.3 is 15.0 Å². The fourth-order valence-electron chi connectivity index (χ4n) is 2.00. The van der Waals surface area contributed by atoms with E-state index in [4.69, 9.17) is 11.2 Å². The van der Waals surface area contributed by atoms with Gasteiger partial charge in [0.1, 0.15) is 0 Å². The second-order valence-electron chi connectivity index (χ2n) is 5.30. The molecule has 2 heterocycles. The fraction of sp³-hybridized carbons (Fsp3) is 0.643. The SMILES string of the molecule is C#CC(C)(C)Oc1nc(NC)nc(N2CCCCC2)n1. The zero-order chi connectivity index (χ0) is 14.6. The van der Waals surface area contributed by atoms with Crippen LogP contribution in [0.3, 0.4) is 0 Å². The third-order valence-electron chi connectivity index (χ3n) is 3.16. The summed E-state index contributed by atoms with van der Waals surface area (Å²) in [7, 11) is 1.77. The van der Waals surface area contributed by atoms with Crippen molar-refractivity contribution in [2.75, 3.05) is 30.4 Å². The van der Waals surface area contributed by atoms with Crippen molar-refractivity contribution in [3.63, 3.8) is 0 Å². The van der Waals surface area contributed by atoms with Gasteiger partial charge in [-0.15, -0.1) is 6.42 Å². The Hall–Kier alpha value is -2.03. The summed E-state index contributed by atoms with van der Waals surface area (Å²) in [6, 6.07) is 0.257. The summed E-state index contributed by atoms with van der Waals surface area (Å²) in [6.45, 7) is 5.53. The van der Waals surface area contributed by atoms with Gasteiger partial charge in [0.2, 0.25) is 11.9 Å². The van der Waals surface area contributed by atoms with E-state index in [-0.39, 0.29) is 6.01 Å². The second kappa shape index (κ2) is 5.95. The number of piperidine rings is 1. The molecule has 1 aromatic rings. The molecule has 0 aliphatic carbocycles. The van der Waals surface area contributed by atoms with Crippen molar-refractivity contribution in [2.45, 2.75) is 38.7 Å². The number of anilines is 2. The molecule has 6 nitrogen and oxygen atoms in total. The van der Waals surface area contributed by atoms with Crippen LogP contribution in [0.15, 0.2) is 0 Å². The molecular weight excluding hydrogens is 254 g/mol. The monoisotopic (exact) mass is 275 g/mol. The molecule has 1 aliphatic heterocycles. The first-order valence-electron chi connectivity index (χ1n) is 6.89. The molecule has 108 valence electrons. The summed E-state index contributed by atoms with van der Waals surface area (Å²) in [5.74, 6) is 3.70. The maximum absolute atomic E-state index is 5.66. The van der Waals surface area contributed by atoms with Gasteiger partial charge in [-0.25, -0.2) is 0 Å². The van der Waals surface area contributed by atoms with Gasteiger partial charge in [-0.05, 0) is 33.1 Å². The summed E-state index contributed by atoms with van der Waals surface area (Å²) >= 11 is 0. The van der Waals surface area contributed by atoms with Gasteiger partial charge in [0.25, 0.3) is 0 Å². The minimum Gasteiger partial charge on any atom is -0.444 e. The van der Waals surface area contributed by atoms with Crippen molar-refractivity contribution in [3.05, 3.63) is 0 Å². The molecular formula is C14H21N5O. The van der Waals surface area contributed by atoms with E-state index in [2.05, 4.69) is 31.1 Å². The van der Waals surface area contributed by atoms with Crippen LogP contribution >= 0.6 is 0 Å². The van der Waals surface area contributed by atoms with Gasteiger partial charge in [0, 0.05) is 20.1 Å². The Labute approximate surface area is 120 Å². The highest BCUT2D eigenvalue weighted by atomic mass is 16.5. The summed E-state index contributed by atoms with van der Waals surface area (Å²) in [5.41, 5.74) is -0.745. The zero-order valence-electron chi connectivity index (χ0n) is 12.3.